The summed E-state index contributed by atoms with van der Waals surface area (Å²) in [7, 11) is 1.34. The smallest absolute Gasteiger partial charge is 0.387 e. The zero-order valence-corrected chi connectivity index (χ0v) is 16.0. The zero-order valence-electron chi connectivity index (χ0n) is 16.0. The van der Waals surface area contributed by atoms with Crippen molar-refractivity contribution >= 4 is 17.8 Å². The van der Waals surface area contributed by atoms with E-state index in [4.69, 9.17) is 9.57 Å². The molecule has 0 radical (unpaired) electrons. The number of halogens is 2. The molecule has 28 heavy (non-hydrogen) atoms. The van der Waals surface area contributed by atoms with E-state index in [0.717, 1.165) is 11.1 Å². The van der Waals surface area contributed by atoms with Gasteiger partial charge in [0.15, 0.2) is 11.5 Å². The molecule has 0 aliphatic rings. The SMILES string of the molecule is COc1cc(/C=N/OC(C)C(=O)Nc2cc(C)ccc2C)ccc1OC(F)F. The normalized spacial score (nSPS) is 12.1. The fourth-order valence-electron chi connectivity index (χ4n) is 2.29. The summed E-state index contributed by atoms with van der Waals surface area (Å²) in [5.41, 5.74) is 3.21. The van der Waals surface area contributed by atoms with E-state index in [0.29, 0.717) is 11.3 Å². The number of nitrogens with one attached hydrogen (secondary N) is 1. The number of nitrogens with zero attached hydrogens (tertiary/aromatic N) is 1. The summed E-state index contributed by atoms with van der Waals surface area (Å²) >= 11 is 0. The molecule has 0 aliphatic heterocycles. The number of hydrogen-bond acceptors (Lipinski definition) is 5. The summed E-state index contributed by atoms with van der Waals surface area (Å²) in [6.45, 7) is 2.45. The first-order valence-corrected chi connectivity index (χ1v) is 8.50. The highest BCUT2D eigenvalue weighted by Gasteiger charge is 2.15. The van der Waals surface area contributed by atoms with E-state index >= 15 is 0 Å². The van der Waals surface area contributed by atoms with Gasteiger partial charge in [-0.1, -0.05) is 17.3 Å². The van der Waals surface area contributed by atoms with Crippen LogP contribution < -0.4 is 14.8 Å². The Labute approximate surface area is 162 Å². The average Bonchev–Trinajstić information content (AvgIpc) is 2.65. The van der Waals surface area contributed by atoms with Gasteiger partial charge in [0.2, 0.25) is 6.10 Å². The van der Waals surface area contributed by atoms with Crippen LogP contribution >= 0.6 is 0 Å². The molecule has 0 heterocycles. The number of amides is 1. The van der Waals surface area contributed by atoms with Crippen LogP contribution in [0.3, 0.4) is 0 Å². The van der Waals surface area contributed by atoms with Gasteiger partial charge in [0.25, 0.3) is 5.91 Å². The third kappa shape index (κ3) is 5.94. The van der Waals surface area contributed by atoms with E-state index in [1.54, 1.807) is 6.92 Å². The average molecular weight is 392 g/mol. The topological polar surface area (TPSA) is 69.2 Å². The standard InChI is InChI=1S/C20H22F2N2O4/c1-12-5-6-13(2)16(9-12)24-19(25)14(3)28-23-11-15-7-8-17(27-20(21)22)18(10-15)26-4/h5-11,14,20H,1-4H3,(H,24,25)/b23-11+. The van der Waals surface area contributed by atoms with Crippen molar-refractivity contribution in [2.75, 3.05) is 12.4 Å². The second-order valence-electron chi connectivity index (χ2n) is 6.08. The molecule has 0 spiro atoms. The van der Waals surface area contributed by atoms with Gasteiger partial charge in [-0.25, -0.2) is 0 Å². The molecule has 1 N–H and O–H groups in total. The van der Waals surface area contributed by atoms with Gasteiger partial charge >= 0.3 is 6.61 Å². The van der Waals surface area contributed by atoms with Gasteiger partial charge in [-0.05, 0) is 56.2 Å². The minimum absolute atomic E-state index is 0.0863. The summed E-state index contributed by atoms with van der Waals surface area (Å²) in [5.74, 6) is -0.300. The molecular formula is C20H22F2N2O4. The molecule has 0 saturated carbocycles. The lowest BCUT2D eigenvalue weighted by atomic mass is 10.1. The van der Waals surface area contributed by atoms with Crippen LogP contribution in [0.2, 0.25) is 0 Å². The number of methoxy groups -OCH3 is 1. The molecule has 1 unspecified atom stereocenters. The van der Waals surface area contributed by atoms with Crippen molar-refractivity contribution in [1.82, 2.24) is 0 Å². The maximum atomic E-state index is 12.3. The maximum absolute atomic E-state index is 12.3. The Hall–Kier alpha value is -3.16. The van der Waals surface area contributed by atoms with Crippen LogP contribution in [0, 0.1) is 13.8 Å². The molecular weight excluding hydrogens is 370 g/mol. The van der Waals surface area contributed by atoms with Crippen molar-refractivity contribution in [1.29, 1.82) is 0 Å². The highest BCUT2D eigenvalue weighted by molar-refractivity contribution is 5.94. The van der Waals surface area contributed by atoms with E-state index in [1.165, 1.54) is 31.5 Å². The zero-order chi connectivity index (χ0) is 20.7. The van der Waals surface area contributed by atoms with Gasteiger partial charge in [0.1, 0.15) is 0 Å². The van der Waals surface area contributed by atoms with E-state index < -0.39 is 12.7 Å². The monoisotopic (exact) mass is 392 g/mol. The summed E-state index contributed by atoms with van der Waals surface area (Å²) in [6.07, 6.45) is 0.510. The van der Waals surface area contributed by atoms with Gasteiger partial charge in [-0.2, -0.15) is 8.78 Å². The molecule has 0 fully saturated rings. The number of carbonyl (C=O) groups excluding carboxylic acids is 1. The van der Waals surface area contributed by atoms with Crippen molar-refractivity contribution < 1.29 is 27.9 Å². The quantitative estimate of drug-likeness (QED) is 0.537. The van der Waals surface area contributed by atoms with Crippen LogP contribution in [0.4, 0.5) is 14.5 Å². The summed E-state index contributed by atoms with van der Waals surface area (Å²) in [4.78, 5) is 17.4. The predicted molar refractivity (Wildman–Crippen MR) is 102 cm³/mol. The molecule has 1 amide bonds. The molecule has 2 aromatic carbocycles. The molecule has 0 saturated heterocycles. The van der Waals surface area contributed by atoms with Gasteiger partial charge < -0.3 is 19.6 Å². The molecule has 0 aliphatic carbocycles. The van der Waals surface area contributed by atoms with Crippen LogP contribution in [0.25, 0.3) is 0 Å². The van der Waals surface area contributed by atoms with Gasteiger partial charge in [-0.15, -0.1) is 0 Å². The minimum atomic E-state index is -2.95. The van der Waals surface area contributed by atoms with Gasteiger partial charge in [0.05, 0.1) is 13.3 Å². The second-order valence-corrected chi connectivity index (χ2v) is 6.08. The van der Waals surface area contributed by atoms with Crippen LogP contribution in [0.1, 0.15) is 23.6 Å². The van der Waals surface area contributed by atoms with Crippen molar-refractivity contribution in [2.24, 2.45) is 5.16 Å². The number of oxime groups is 1. The van der Waals surface area contributed by atoms with Crippen LogP contribution in [-0.2, 0) is 9.63 Å². The second kappa shape index (κ2) is 9.68. The maximum Gasteiger partial charge on any atom is 0.387 e. The van der Waals surface area contributed by atoms with Crippen LogP contribution in [-0.4, -0.2) is 31.9 Å². The number of benzene rings is 2. The Morgan fingerprint density at radius 3 is 2.57 bits per heavy atom. The molecule has 1 atom stereocenters. The number of carbonyl (C=O) groups is 1. The number of alkyl halides is 2. The number of hydrogen-bond donors (Lipinski definition) is 1. The molecule has 8 heteroatoms. The Bertz CT molecular complexity index is 856. The molecule has 2 rings (SSSR count). The first-order valence-electron chi connectivity index (χ1n) is 8.50. The van der Waals surface area contributed by atoms with E-state index in [1.807, 2.05) is 32.0 Å². The minimum Gasteiger partial charge on any atom is -0.493 e. The highest BCUT2D eigenvalue weighted by Crippen LogP contribution is 2.29. The molecule has 0 aromatic heterocycles. The Morgan fingerprint density at radius 2 is 1.89 bits per heavy atom. The van der Waals surface area contributed by atoms with Crippen molar-refractivity contribution in [2.45, 2.75) is 33.5 Å². The fraction of sp³-hybridized carbons (Fsp3) is 0.300. The number of anilines is 1. The molecule has 6 nitrogen and oxygen atoms in total. The summed E-state index contributed by atoms with van der Waals surface area (Å²) in [6, 6.07) is 10.1. The lowest BCUT2D eigenvalue weighted by Crippen LogP contribution is -2.26. The number of rotatable bonds is 8. The van der Waals surface area contributed by atoms with Crippen molar-refractivity contribution in [3.63, 3.8) is 0 Å². The Balaban J connectivity index is 1.97. The predicted octanol–water partition coefficient (Wildman–Crippen LogP) is 4.29. The van der Waals surface area contributed by atoms with Gasteiger partial charge in [0, 0.05) is 11.3 Å². The first-order chi connectivity index (χ1) is 13.3. The third-order valence-corrected chi connectivity index (χ3v) is 3.84. The van der Waals surface area contributed by atoms with E-state index in [-0.39, 0.29) is 17.4 Å². The van der Waals surface area contributed by atoms with Gasteiger partial charge in [-0.3, -0.25) is 4.79 Å². The molecule has 150 valence electrons. The Morgan fingerprint density at radius 1 is 1.14 bits per heavy atom. The first kappa shape index (κ1) is 21.1. The third-order valence-electron chi connectivity index (χ3n) is 3.84. The largest absolute Gasteiger partial charge is 0.493 e. The lowest BCUT2D eigenvalue weighted by molar-refractivity contribution is -0.126. The summed E-state index contributed by atoms with van der Waals surface area (Å²) < 4.78 is 34.1. The van der Waals surface area contributed by atoms with Crippen molar-refractivity contribution in [3.05, 3.63) is 53.1 Å². The summed E-state index contributed by atoms with van der Waals surface area (Å²) in [5, 5.41) is 6.58. The van der Waals surface area contributed by atoms with Crippen LogP contribution in [0.15, 0.2) is 41.6 Å². The Kier molecular flexibility index (Phi) is 7.31. The number of ether oxygens (including phenoxy) is 2. The number of aryl methyl sites for hydroxylation is 2. The molecule has 2 aromatic rings. The fourth-order valence-corrected chi connectivity index (χ4v) is 2.29. The van der Waals surface area contributed by atoms with E-state index in [2.05, 4.69) is 15.2 Å². The van der Waals surface area contributed by atoms with E-state index in [9.17, 15) is 13.6 Å². The molecule has 0 bridgehead atoms. The van der Waals surface area contributed by atoms with Crippen molar-refractivity contribution in [3.8, 4) is 11.5 Å². The van der Waals surface area contributed by atoms with Crippen LogP contribution in [0.5, 0.6) is 11.5 Å². The highest BCUT2D eigenvalue weighted by atomic mass is 19.3. The lowest BCUT2D eigenvalue weighted by Gasteiger charge is -2.13.